The van der Waals surface area contributed by atoms with Gasteiger partial charge < -0.3 is 0 Å². The standard InChI is InChI=1S/C17H20N2O/c1-5-16(3,4)17-10-11-18-15(17)19(12(2)20)14-9-7-6-8-13(14)17/h5-9,11,15H,1,10H2,2-4H3/t15-,17-/m0/s1. The molecule has 0 unspecified atom stereocenters. The quantitative estimate of drug-likeness (QED) is 0.757. The van der Waals surface area contributed by atoms with Gasteiger partial charge in [-0.15, -0.1) is 6.58 Å². The van der Waals surface area contributed by atoms with Crippen LogP contribution >= 0.6 is 0 Å². The minimum atomic E-state index is -0.197. The van der Waals surface area contributed by atoms with Gasteiger partial charge in [-0.1, -0.05) is 38.1 Å². The lowest BCUT2D eigenvalue weighted by Crippen LogP contribution is -2.50. The van der Waals surface area contributed by atoms with Gasteiger partial charge in [-0.05, 0) is 23.5 Å². The first kappa shape index (κ1) is 13.1. The Balaban J connectivity index is 2.30. The van der Waals surface area contributed by atoms with Gasteiger partial charge in [0.15, 0.2) is 0 Å². The maximum absolute atomic E-state index is 12.1. The summed E-state index contributed by atoms with van der Waals surface area (Å²) in [6.07, 6.45) is 4.65. The molecular weight excluding hydrogens is 248 g/mol. The minimum Gasteiger partial charge on any atom is -0.289 e. The molecule has 2 aliphatic heterocycles. The number of nitrogens with zero attached hydrogens (tertiary/aromatic N) is 2. The van der Waals surface area contributed by atoms with Gasteiger partial charge in [-0.2, -0.15) is 0 Å². The van der Waals surface area contributed by atoms with Crippen LogP contribution in [0.4, 0.5) is 5.69 Å². The van der Waals surface area contributed by atoms with Gasteiger partial charge in [-0.3, -0.25) is 14.7 Å². The zero-order chi connectivity index (χ0) is 14.5. The highest BCUT2D eigenvalue weighted by Crippen LogP contribution is 2.58. The van der Waals surface area contributed by atoms with Crippen molar-refractivity contribution in [2.75, 3.05) is 4.90 Å². The summed E-state index contributed by atoms with van der Waals surface area (Å²) in [7, 11) is 0. The molecular formula is C17H20N2O. The zero-order valence-corrected chi connectivity index (χ0v) is 12.3. The molecule has 0 aliphatic carbocycles. The molecule has 1 aromatic rings. The van der Waals surface area contributed by atoms with Crippen LogP contribution in [0.3, 0.4) is 0 Å². The third-order valence-corrected chi connectivity index (χ3v) is 4.99. The van der Waals surface area contributed by atoms with Gasteiger partial charge >= 0.3 is 0 Å². The van der Waals surface area contributed by atoms with E-state index < -0.39 is 0 Å². The van der Waals surface area contributed by atoms with Gasteiger partial charge in [0, 0.05) is 18.8 Å². The van der Waals surface area contributed by atoms with Crippen LogP contribution in [0.5, 0.6) is 0 Å². The Labute approximate surface area is 120 Å². The highest BCUT2D eigenvalue weighted by molar-refractivity contribution is 5.97. The molecule has 3 rings (SSSR count). The van der Waals surface area contributed by atoms with Crippen molar-refractivity contribution in [2.24, 2.45) is 10.4 Å². The number of carbonyl (C=O) groups excluding carboxylic acids is 1. The van der Waals surface area contributed by atoms with Crippen molar-refractivity contribution in [3.05, 3.63) is 42.5 Å². The van der Waals surface area contributed by atoms with Crippen LogP contribution in [0, 0.1) is 5.41 Å². The van der Waals surface area contributed by atoms with E-state index >= 15 is 0 Å². The van der Waals surface area contributed by atoms with Crippen molar-refractivity contribution < 1.29 is 4.79 Å². The highest BCUT2D eigenvalue weighted by Gasteiger charge is 2.60. The third-order valence-electron chi connectivity index (χ3n) is 4.99. The summed E-state index contributed by atoms with van der Waals surface area (Å²) < 4.78 is 0. The highest BCUT2D eigenvalue weighted by atomic mass is 16.2. The number of allylic oxidation sites excluding steroid dienone is 1. The first-order valence-electron chi connectivity index (χ1n) is 7.00. The number of carbonyl (C=O) groups is 1. The Hall–Kier alpha value is -1.90. The molecule has 3 nitrogen and oxygen atoms in total. The average molecular weight is 268 g/mol. The predicted molar refractivity (Wildman–Crippen MR) is 82.2 cm³/mol. The number of rotatable bonds is 2. The molecule has 0 saturated carbocycles. The van der Waals surface area contributed by atoms with Gasteiger partial charge in [0.2, 0.25) is 5.91 Å². The molecule has 0 N–H and O–H groups in total. The van der Waals surface area contributed by atoms with Crippen LogP contribution in [0.2, 0.25) is 0 Å². The lowest BCUT2D eigenvalue weighted by molar-refractivity contribution is -0.117. The molecule has 2 atom stereocenters. The van der Waals surface area contributed by atoms with E-state index in [1.807, 2.05) is 35.4 Å². The summed E-state index contributed by atoms with van der Waals surface area (Å²) in [5, 5.41) is 0. The lowest BCUT2D eigenvalue weighted by Gasteiger charge is -2.43. The van der Waals surface area contributed by atoms with E-state index in [0.717, 1.165) is 12.1 Å². The molecule has 1 aromatic carbocycles. The Kier molecular flexibility index (Phi) is 2.65. The summed E-state index contributed by atoms with van der Waals surface area (Å²) in [6.45, 7) is 9.99. The van der Waals surface area contributed by atoms with E-state index in [4.69, 9.17) is 0 Å². The maximum atomic E-state index is 12.1. The van der Waals surface area contributed by atoms with E-state index in [1.165, 1.54) is 5.56 Å². The SMILES string of the molecule is C=CC(C)(C)[C@]12CC=N[C@H]1N(C(C)=O)c1ccccc12. The van der Waals surface area contributed by atoms with Crippen LogP contribution in [-0.2, 0) is 10.2 Å². The van der Waals surface area contributed by atoms with Crippen molar-refractivity contribution in [1.82, 2.24) is 0 Å². The monoisotopic (exact) mass is 268 g/mol. The molecule has 0 radical (unpaired) electrons. The Morgan fingerprint density at radius 3 is 2.85 bits per heavy atom. The van der Waals surface area contributed by atoms with Crippen molar-refractivity contribution in [3.63, 3.8) is 0 Å². The number of anilines is 1. The fraction of sp³-hybridized carbons (Fsp3) is 0.412. The molecule has 0 spiro atoms. The van der Waals surface area contributed by atoms with E-state index in [1.54, 1.807) is 6.92 Å². The number of amides is 1. The second-order valence-corrected chi connectivity index (χ2v) is 6.21. The summed E-state index contributed by atoms with van der Waals surface area (Å²) in [4.78, 5) is 18.6. The van der Waals surface area contributed by atoms with Gasteiger partial charge in [0.25, 0.3) is 0 Å². The zero-order valence-electron chi connectivity index (χ0n) is 12.3. The van der Waals surface area contributed by atoms with E-state index in [-0.39, 0.29) is 22.9 Å². The normalized spacial score (nSPS) is 27.4. The molecule has 0 aromatic heterocycles. The second-order valence-electron chi connectivity index (χ2n) is 6.21. The average Bonchev–Trinajstić information content (AvgIpc) is 2.94. The van der Waals surface area contributed by atoms with Gasteiger partial charge in [0.1, 0.15) is 6.17 Å². The van der Waals surface area contributed by atoms with Crippen molar-refractivity contribution in [1.29, 1.82) is 0 Å². The van der Waals surface area contributed by atoms with Crippen LogP contribution in [-0.4, -0.2) is 18.3 Å². The fourth-order valence-corrected chi connectivity index (χ4v) is 3.72. The smallest absolute Gasteiger partial charge is 0.225 e. The van der Waals surface area contributed by atoms with Crippen molar-refractivity contribution in [2.45, 2.75) is 38.8 Å². The second kappa shape index (κ2) is 4.05. The van der Waals surface area contributed by atoms with Crippen molar-refractivity contribution >= 4 is 17.8 Å². The molecule has 0 fully saturated rings. The van der Waals surface area contributed by atoms with Gasteiger partial charge in [0.05, 0.1) is 5.41 Å². The summed E-state index contributed by atoms with van der Waals surface area (Å²) in [5.74, 6) is 0.0447. The Morgan fingerprint density at radius 2 is 2.20 bits per heavy atom. The molecule has 2 aliphatic rings. The molecule has 20 heavy (non-hydrogen) atoms. The van der Waals surface area contributed by atoms with E-state index in [9.17, 15) is 4.79 Å². The van der Waals surface area contributed by atoms with Crippen LogP contribution in [0.1, 0.15) is 32.8 Å². The third kappa shape index (κ3) is 1.35. The molecule has 1 amide bonds. The summed E-state index contributed by atoms with van der Waals surface area (Å²) in [5.41, 5.74) is 1.87. The fourth-order valence-electron chi connectivity index (χ4n) is 3.72. The minimum absolute atomic E-state index is 0.0447. The maximum Gasteiger partial charge on any atom is 0.225 e. The van der Waals surface area contributed by atoms with Crippen LogP contribution < -0.4 is 4.90 Å². The number of para-hydroxylation sites is 1. The lowest BCUT2D eigenvalue weighted by atomic mass is 9.60. The first-order valence-corrected chi connectivity index (χ1v) is 7.00. The summed E-state index contributed by atoms with van der Waals surface area (Å²) >= 11 is 0. The Bertz CT molecular complexity index is 617. The molecule has 104 valence electrons. The summed E-state index contributed by atoms with van der Waals surface area (Å²) in [6, 6.07) is 8.17. The molecule has 0 saturated heterocycles. The van der Waals surface area contributed by atoms with E-state index in [2.05, 4.69) is 31.5 Å². The molecule has 2 heterocycles. The molecule has 3 heteroatoms. The number of aliphatic imine (C=N–C) groups is 1. The number of fused-ring (bicyclic) bond motifs is 3. The van der Waals surface area contributed by atoms with Crippen molar-refractivity contribution in [3.8, 4) is 0 Å². The molecule has 0 bridgehead atoms. The van der Waals surface area contributed by atoms with E-state index in [0.29, 0.717) is 0 Å². The number of benzene rings is 1. The van der Waals surface area contributed by atoms with Crippen LogP contribution in [0.25, 0.3) is 0 Å². The number of hydrogen-bond acceptors (Lipinski definition) is 2. The first-order chi connectivity index (χ1) is 9.45. The van der Waals surface area contributed by atoms with Gasteiger partial charge in [-0.25, -0.2) is 0 Å². The largest absolute Gasteiger partial charge is 0.289 e. The topological polar surface area (TPSA) is 32.7 Å². The number of hydrogen-bond donors (Lipinski definition) is 0. The van der Waals surface area contributed by atoms with Crippen LogP contribution in [0.15, 0.2) is 41.9 Å². The Morgan fingerprint density at radius 1 is 1.50 bits per heavy atom. The predicted octanol–water partition coefficient (Wildman–Crippen LogP) is 3.30.